The van der Waals surface area contributed by atoms with Crippen LogP contribution in [0, 0.1) is 0 Å². The Labute approximate surface area is 81.9 Å². The maximum absolute atomic E-state index is 5.62. The monoisotopic (exact) mass is 193 g/mol. The zero-order chi connectivity index (χ0) is 8.67. The summed E-state index contributed by atoms with van der Waals surface area (Å²) in [5.41, 5.74) is 1.35. The van der Waals surface area contributed by atoms with Gasteiger partial charge in [-0.15, -0.1) is 11.8 Å². The van der Waals surface area contributed by atoms with Gasteiger partial charge in [-0.2, -0.15) is 0 Å². The number of nitrogens with zero attached hydrogens (tertiary/aromatic N) is 1. The van der Waals surface area contributed by atoms with Gasteiger partial charge in [0.2, 0.25) is 0 Å². The first-order valence-electron chi connectivity index (χ1n) is 4.55. The van der Waals surface area contributed by atoms with Crippen LogP contribution in [0.5, 0.6) is 0 Å². The summed E-state index contributed by atoms with van der Waals surface area (Å²) in [6, 6.07) is 8.57. The molecule has 1 atom stereocenters. The number of thioether (sulfide) groups is 1. The highest BCUT2D eigenvalue weighted by Crippen LogP contribution is 2.38. The molecule has 2 aliphatic heterocycles. The first kappa shape index (κ1) is 7.71. The summed E-state index contributed by atoms with van der Waals surface area (Å²) in [6.45, 7) is 1.92. The van der Waals surface area contributed by atoms with E-state index in [0.717, 1.165) is 18.9 Å². The molecule has 13 heavy (non-hydrogen) atoms. The van der Waals surface area contributed by atoms with Crippen LogP contribution in [0.25, 0.3) is 0 Å². The Morgan fingerprint density at radius 1 is 1.38 bits per heavy atom. The van der Waals surface area contributed by atoms with Crippen molar-refractivity contribution >= 4 is 17.4 Å². The molecule has 0 aliphatic carbocycles. The van der Waals surface area contributed by atoms with E-state index >= 15 is 0 Å². The van der Waals surface area contributed by atoms with Gasteiger partial charge in [-0.25, -0.2) is 0 Å². The Morgan fingerprint density at radius 3 is 3.31 bits per heavy atom. The first-order chi connectivity index (χ1) is 6.45. The van der Waals surface area contributed by atoms with Gasteiger partial charge in [-0.3, -0.25) is 0 Å². The molecule has 0 aromatic heterocycles. The molecule has 0 amide bonds. The molecule has 2 aliphatic rings. The minimum absolute atomic E-state index is 0.319. The van der Waals surface area contributed by atoms with Crippen molar-refractivity contribution in [3.63, 3.8) is 0 Å². The predicted molar refractivity (Wildman–Crippen MR) is 54.3 cm³/mol. The van der Waals surface area contributed by atoms with Crippen LogP contribution in [-0.2, 0) is 4.74 Å². The van der Waals surface area contributed by atoms with Crippen LogP contribution in [0.1, 0.15) is 0 Å². The van der Waals surface area contributed by atoms with Crippen LogP contribution in [0.15, 0.2) is 29.2 Å². The number of fused-ring (bicyclic) bond motifs is 3. The molecule has 0 bridgehead atoms. The summed E-state index contributed by atoms with van der Waals surface area (Å²) in [5.74, 6) is 1.07. The van der Waals surface area contributed by atoms with Crippen LogP contribution >= 0.6 is 11.8 Å². The average molecular weight is 193 g/mol. The van der Waals surface area contributed by atoms with Crippen LogP contribution in [-0.4, -0.2) is 25.1 Å². The van der Waals surface area contributed by atoms with Gasteiger partial charge in [0.15, 0.2) is 0 Å². The van der Waals surface area contributed by atoms with Crippen molar-refractivity contribution in [3.8, 4) is 0 Å². The molecule has 3 rings (SSSR count). The van der Waals surface area contributed by atoms with Crippen LogP contribution in [0.2, 0.25) is 0 Å². The van der Waals surface area contributed by atoms with Gasteiger partial charge < -0.3 is 9.64 Å². The second-order valence-electron chi connectivity index (χ2n) is 3.30. The lowest BCUT2D eigenvalue weighted by Gasteiger charge is -2.31. The molecule has 68 valence electrons. The third-order valence-corrected chi connectivity index (χ3v) is 3.65. The fraction of sp³-hybridized carbons (Fsp3) is 0.400. The molecule has 0 radical (unpaired) electrons. The first-order valence-corrected chi connectivity index (χ1v) is 5.54. The van der Waals surface area contributed by atoms with Crippen LogP contribution in [0.3, 0.4) is 0 Å². The van der Waals surface area contributed by atoms with Crippen molar-refractivity contribution in [3.05, 3.63) is 24.3 Å². The summed E-state index contributed by atoms with van der Waals surface area (Å²) in [6.07, 6.45) is 0.319. The Morgan fingerprint density at radius 2 is 2.31 bits per heavy atom. The van der Waals surface area contributed by atoms with Gasteiger partial charge in [0.25, 0.3) is 0 Å². The second-order valence-corrected chi connectivity index (χ2v) is 4.36. The fourth-order valence-electron chi connectivity index (χ4n) is 1.91. The molecule has 3 heteroatoms. The van der Waals surface area contributed by atoms with E-state index in [9.17, 15) is 0 Å². The molecule has 1 unspecified atom stereocenters. The van der Waals surface area contributed by atoms with Gasteiger partial charge in [0, 0.05) is 17.2 Å². The minimum Gasteiger partial charge on any atom is -0.356 e. The Hall–Kier alpha value is -0.670. The van der Waals surface area contributed by atoms with Crippen molar-refractivity contribution in [1.29, 1.82) is 0 Å². The van der Waals surface area contributed by atoms with Crippen molar-refractivity contribution < 1.29 is 4.74 Å². The maximum atomic E-state index is 5.62. The third kappa shape index (κ3) is 1.15. The van der Waals surface area contributed by atoms with Gasteiger partial charge in [0.05, 0.1) is 12.3 Å². The average Bonchev–Trinajstić information content (AvgIpc) is 2.65. The summed E-state index contributed by atoms with van der Waals surface area (Å²) >= 11 is 1.90. The number of ether oxygens (including phenoxy) is 1. The smallest absolute Gasteiger partial charge is 0.139 e. The standard InChI is InChI=1S/C10H11NOS/c1-2-4-9-8(3-1)11-5-6-12-10(11)7-13-9/h1-4,10H,5-7H2. The highest BCUT2D eigenvalue weighted by molar-refractivity contribution is 7.99. The van der Waals surface area contributed by atoms with Crippen molar-refractivity contribution in [2.75, 3.05) is 23.8 Å². The van der Waals surface area contributed by atoms with E-state index in [-0.39, 0.29) is 0 Å². The Balaban J connectivity index is 2.06. The van der Waals surface area contributed by atoms with Gasteiger partial charge in [-0.05, 0) is 12.1 Å². The lowest BCUT2D eigenvalue weighted by atomic mass is 10.3. The number of rotatable bonds is 0. The highest BCUT2D eigenvalue weighted by atomic mass is 32.2. The normalized spacial score (nSPS) is 25.5. The van der Waals surface area contributed by atoms with E-state index < -0.39 is 0 Å². The number of benzene rings is 1. The topological polar surface area (TPSA) is 12.5 Å². The molecular formula is C10H11NOS. The molecule has 2 nitrogen and oxygen atoms in total. The molecule has 0 saturated carbocycles. The van der Waals surface area contributed by atoms with E-state index in [4.69, 9.17) is 4.74 Å². The summed E-state index contributed by atoms with van der Waals surface area (Å²) in [5, 5.41) is 0. The number of anilines is 1. The van der Waals surface area contributed by atoms with E-state index in [1.807, 2.05) is 11.8 Å². The molecule has 0 spiro atoms. The summed E-state index contributed by atoms with van der Waals surface area (Å²) < 4.78 is 5.62. The minimum atomic E-state index is 0.319. The lowest BCUT2D eigenvalue weighted by molar-refractivity contribution is 0.130. The molecule has 1 saturated heterocycles. The molecule has 0 N–H and O–H groups in total. The third-order valence-electron chi connectivity index (χ3n) is 2.55. The van der Waals surface area contributed by atoms with E-state index in [2.05, 4.69) is 29.2 Å². The largest absolute Gasteiger partial charge is 0.356 e. The van der Waals surface area contributed by atoms with Crippen LogP contribution < -0.4 is 4.90 Å². The second kappa shape index (κ2) is 2.93. The zero-order valence-corrected chi connectivity index (χ0v) is 8.09. The van der Waals surface area contributed by atoms with E-state index in [1.165, 1.54) is 10.6 Å². The number of hydrogen-bond acceptors (Lipinski definition) is 3. The van der Waals surface area contributed by atoms with E-state index in [1.54, 1.807) is 0 Å². The quantitative estimate of drug-likeness (QED) is 0.625. The molecule has 1 fully saturated rings. The molecular weight excluding hydrogens is 182 g/mol. The SMILES string of the molecule is c1ccc2c(c1)SCC1OCCN21. The summed E-state index contributed by atoms with van der Waals surface area (Å²) in [7, 11) is 0. The van der Waals surface area contributed by atoms with Gasteiger partial charge in [0.1, 0.15) is 6.23 Å². The summed E-state index contributed by atoms with van der Waals surface area (Å²) in [4.78, 5) is 3.76. The molecule has 1 aromatic rings. The predicted octanol–water partition coefficient (Wildman–Crippen LogP) is 1.95. The van der Waals surface area contributed by atoms with Gasteiger partial charge >= 0.3 is 0 Å². The molecule has 2 heterocycles. The van der Waals surface area contributed by atoms with Crippen LogP contribution in [0.4, 0.5) is 5.69 Å². The van der Waals surface area contributed by atoms with Crippen molar-refractivity contribution in [2.24, 2.45) is 0 Å². The Bertz CT molecular complexity index is 328. The fourth-order valence-corrected chi connectivity index (χ4v) is 3.02. The maximum Gasteiger partial charge on any atom is 0.139 e. The Kier molecular flexibility index (Phi) is 1.73. The zero-order valence-electron chi connectivity index (χ0n) is 7.27. The number of para-hydroxylation sites is 1. The lowest BCUT2D eigenvalue weighted by Crippen LogP contribution is -2.34. The number of hydrogen-bond donors (Lipinski definition) is 0. The van der Waals surface area contributed by atoms with Crippen molar-refractivity contribution in [2.45, 2.75) is 11.1 Å². The van der Waals surface area contributed by atoms with E-state index in [0.29, 0.717) is 6.23 Å². The molecule has 1 aromatic carbocycles. The van der Waals surface area contributed by atoms with Crippen molar-refractivity contribution in [1.82, 2.24) is 0 Å². The highest BCUT2D eigenvalue weighted by Gasteiger charge is 2.30. The van der Waals surface area contributed by atoms with Gasteiger partial charge in [-0.1, -0.05) is 12.1 Å².